The van der Waals surface area contributed by atoms with E-state index >= 15 is 0 Å². The van der Waals surface area contributed by atoms with Gasteiger partial charge in [0.2, 0.25) is 10.0 Å². The molecule has 2 fully saturated rings. The summed E-state index contributed by atoms with van der Waals surface area (Å²) in [6.45, 7) is 1.15. The molecule has 0 unspecified atom stereocenters. The first kappa shape index (κ1) is 56.6. The van der Waals surface area contributed by atoms with E-state index < -0.39 is 59.1 Å². The van der Waals surface area contributed by atoms with E-state index in [1.54, 1.807) is 22.8 Å². The van der Waals surface area contributed by atoms with Crippen molar-refractivity contribution in [2.75, 3.05) is 51.2 Å². The summed E-state index contributed by atoms with van der Waals surface area (Å²) in [6.07, 6.45) is -5.07. The molecule has 422 valence electrons. The molecular weight excluding hydrogens is 1060 g/mol. The van der Waals surface area contributed by atoms with Crippen LogP contribution in [0.15, 0.2) is 169 Å². The highest BCUT2D eigenvalue weighted by Gasteiger charge is 2.46. The molecule has 0 amide bonds. The van der Waals surface area contributed by atoms with Crippen molar-refractivity contribution < 1.29 is 47.8 Å². The summed E-state index contributed by atoms with van der Waals surface area (Å²) in [7, 11) is -0.855. The van der Waals surface area contributed by atoms with Crippen molar-refractivity contribution in [3.05, 3.63) is 198 Å². The number of aliphatic hydroxyl groups is 4. The molecule has 9 N–H and O–H groups in total. The Hall–Kier alpha value is -7.65. The minimum atomic E-state index is -3.85. The van der Waals surface area contributed by atoms with E-state index in [0.29, 0.717) is 52.9 Å². The number of imidazole rings is 2. The number of benzene rings is 5. The number of rotatable bonds is 21. The van der Waals surface area contributed by atoms with Gasteiger partial charge in [-0.2, -0.15) is 0 Å². The second-order valence-electron chi connectivity index (χ2n) is 19.5. The fourth-order valence-electron chi connectivity index (χ4n) is 10.1. The molecule has 22 nitrogen and oxygen atoms in total. The maximum Gasteiger partial charge on any atom is 0.240 e. The zero-order valence-electron chi connectivity index (χ0n) is 44.4. The van der Waals surface area contributed by atoms with Gasteiger partial charge in [-0.1, -0.05) is 140 Å². The van der Waals surface area contributed by atoms with Gasteiger partial charge in [0.05, 0.1) is 43.9 Å². The zero-order valence-corrected chi connectivity index (χ0v) is 45.2. The first-order valence-electron chi connectivity index (χ1n) is 26.4. The molecule has 11 rings (SSSR count). The van der Waals surface area contributed by atoms with Crippen LogP contribution in [0.4, 0.5) is 11.6 Å². The fraction of sp³-hybridized carbons (Fsp3) is 0.310. The summed E-state index contributed by atoms with van der Waals surface area (Å²) in [5, 5.41) is 49.4. The summed E-state index contributed by atoms with van der Waals surface area (Å²) < 4.78 is 53.8. The van der Waals surface area contributed by atoms with E-state index in [1.165, 1.54) is 54.7 Å². The van der Waals surface area contributed by atoms with Crippen LogP contribution >= 0.6 is 0 Å². The predicted octanol–water partition coefficient (Wildman–Crippen LogP) is 4.61. The number of anilines is 2. The largest absolute Gasteiger partial charge is 0.387 e. The molecule has 81 heavy (non-hydrogen) atoms. The number of nitrogens with one attached hydrogen (secondary N) is 3. The van der Waals surface area contributed by atoms with Crippen LogP contribution in [0, 0.1) is 0 Å². The maximum absolute atomic E-state index is 13.0. The molecule has 9 aromatic rings. The number of hydrogen-bond acceptors (Lipinski definition) is 19. The van der Waals surface area contributed by atoms with Gasteiger partial charge < -0.3 is 55.7 Å². The monoisotopic (exact) mass is 1120 g/mol. The summed E-state index contributed by atoms with van der Waals surface area (Å²) >= 11 is 0. The number of nitrogens with two attached hydrogens (primary N) is 1. The van der Waals surface area contributed by atoms with E-state index in [9.17, 15) is 28.8 Å². The van der Waals surface area contributed by atoms with Gasteiger partial charge in [0, 0.05) is 39.1 Å². The van der Waals surface area contributed by atoms with Crippen LogP contribution in [0.1, 0.15) is 58.2 Å². The Labute approximate surface area is 467 Å². The molecule has 0 aliphatic carbocycles. The van der Waals surface area contributed by atoms with Gasteiger partial charge in [-0.05, 0) is 34.4 Å². The van der Waals surface area contributed by atoms with Crippen LogP contribution in [-0.4, -0.2) is 145 Å². The molecule has 5 aromatic carbocycles. The van der Waals surface area contributed by atoms with Crippen molar-refractivity contribution in [1.29, 1.82) is 0 Å². The number of hydrogen-bond donors (Lipinski definition) is 8. The van der Waals surface area contributed by atoms with E-state index in [2.05, 4.69) is 93.8 Å². The van der Waals surface area contributed by atoms with Gasteiger partial charge in [-0.15, -0.1) is 0 Å². The third kappa shape index (κ3) is 12.6. The predicted molar refractivity (Wildman–Crippen MR) is 301 cm³/mol. The normalized spacial score (nSPS) is 21.0. The smallest absolute Gasteiger partial charge is 0.240 e. The molecule has 0 saturated carbocycles. The molecule has 0 bridgehead atoms. The summed E-state index contributed by atoms with van der Waals surface area (Å²) in [5.74, 6) is 1.55. The lowest BCUT2D eigenvalue weighted by Gasteiger charge is -2.20. The Bertz CT molecular complexity index is 3500. The molecule has 6 heterocycles. The number of methoxy groups -OCH3 is 2. The van der Waals surface area contributed by atoms with Crippen molar-refractivity contribution in [3.8, 4) is 0 Å². The SMILES string of the molecule is COC[C@H]1O[C@@H](n2cnc3c(NCC(c4ccccc4)c4ccccc4)nc(CN)nc32)[C@H](O)[C@@H]1O.COC[C@H]1O[C@@H](n2cnc3c(NCC(c4ccccc4)c4ccccc4)nc(CNS(=O)(=O)c4ccccc4)nc32)[C@H](O)[C@@H]1O. The van der Waals surface area contributed by atoms with Crippen LogP contribution in [0.5, 0.6) is 0 Å². The van der Waals surface area contributed by atoms with Gasteiger partial charge in [0.1, 0.15) is 48.3 Å². The highest BCUT2D eigenvalue weighted by Crippen LogP contribution is 2.36. The highest BCUT2D eigenvalue weighted by molar-refractivity contribution is 7.89. The van der Waals surface area contributed by atoms with Crippen LogP contribution in [0.2, 0.25) is 0 Å². The van der Waals surface area contributed by atoms with Crippen molar-refractivity contribution >= 4 is 44.0 Å². The Morgan fingerprint density at radius 3 is 1.30 bits per heavy atom. The quantitative estimate of drug-likeness (QED) is 0.0487. The summed E-state index contributed by atoms with van der Waals surface area (Å²) in [6, 6.07) is 48.7. The molecular formula is C58H64N12O10S. The average molecular weight is 1120 g/mol. The number of aromatic nitrogens is 8. The average Bonchev–Trinajstić information content (AvgIpc) is 4.44. The van der Waals surface area contributed by atoms with Crippen molar-refractivity contribution in [2.24, 2.45) is 5.73 Å². The van der Waals surface area contributed by atoms with Gasteiger partial charge in [-0.3, -0.25) is 9.13 Å². The van der Waals surface area contributed by atoms with Crippen LogP contribution in [0.3, 0.4) is 0 Å². The number of aliphatic hydroxyl groups excluding tert-OH is 4. The van der Waals surface area contributed by atoms with Gasteiger partial charge in [0.25, 0.3) is 0 Å². The number of fused-ring (bicyclic) bond motifs is 2. The second kappa shape index (κ2) is 25.9. The number of nitrogens with zero attached hydrogens (tertiary/aromatic N) is 8. The Kier molecular flexibility index (Phi) is 18.1. The molecule has 23 heteroatoms. The van der Waals surface area contributed by atoms with Crippen LogP contribution in [0.25, 0.3) is 22.3 Å². The van der Waals surface area contributed by atoms with E-state index in [0.717, 1.165) is 11.1 Å². The molecule has 0 radical (unpaired) electrons. The van der Waals surface area contributed by atoms with Crippen molar-refractivity contribution in [3.63, 3.8) is 0 Å². The molecule has 2 aliphatic rings. The molecule has 8 atom stereocenters. The van der Waals surface area contributed by atoms with Crippen molar-refractivity contribution in [2.45, 2.75) is 78.9 Å². The van der Waals surface area contributed by atoms with Crippen LogP contribution < -0.4 is 21.1 Å². The topological polar surface area (TPSA) is 301 Å². The van der Waals surface area contributed by atoms with E-state index in [4.69, 9.17) is 24.7 Å². The zero-order chi connectivity index (χ0) is 56.5. The molecule has 4 aromatic heterocycles. The highest BCUT2D eigenvalue weighted by atomic mass is 32.2. The maximum atomic E-state index is 13.0. The van der Waals surface area contributed by atoms with Crippen molar-refractivity contribution in [1.82, 2.24) is 43.8 Å². The summed E-state index contributed by atoms with van der Waals surface area (Å²) in [4.78, 5) is 27.6. The Balaban J connectivity index is 0.000000186. The number of sulfonamides is 1. The van der Waals surface area contributed by atoms with Crippen LogP contribution in [-0.2, 0) is 42.1 Å². The lowest BCUT2D eigenvalue weighted by atomic mass is 9.91. The standard InChI is InChI=1S/C32H34N6O6S.C26H30N6O4/c1-43-19-25-28(39)29(40)32(44-25)38-20-34-27-30(33-17-24(21-11-5-2-6-12-21)22-13-7-3-8-14-22)36-26(37-31(27)38)18-35-45(41,42)23-15-9-4-10-16-23;1-35-14-19-22(33)23(34)26(36-19)32-15-29-21-24(30-20(12-27)31-25(21)32)28-13-18(16-8-4-2-5-9-16)17-10-6-3-7-11-17/h2-16,20,24-25,28-29,32,35,39-40H,17-19H2,1H3,(H,33,36,37);2-11,15,18-19,22-23,26,33-34H,12-14,27H2,1H3,(H,28,30,31)/t25-,28-,29-,32-;19-,22-,23-,26-/m11/s1. The lowest BCUT2D eigenvalue weighted by Crippen LogP contribution is -2.33. The van der Waals surface area contributed by atoms with Gasteiger partial charge in [-0.25, -0.2) is 43.0 Å². The lowest BCUT2D eigenvalue weighted by molar-refractivity contribution is -0.0580. The Morgan fingerprint density at radius 1 is 0.543 bits per heavy atom. The van der Waals surface area contributed by atoms with Gasteiger partial charge in [0.15, 0.2) is 46.4 Å². The minimum Gasteiger partial charge on any atom is -0.387 e. The molecule has 0 spiro atoms. The molecule has 2 saturated heterocycles. The first-order valence-corrected chi connectivity index (χ1v) is 27.8. The van der Waals surface area contributed by atoms with E-state index in [1.807, 2.05) is 72.8 Å². The fourth-order valence-corrected chi connectivity index (χ4v) is 11.1. The second-order valence-corrected chi connectivity index (χ2v) is 21.2. The van der Waals surface area contributed by atoms with E-state index in [-0.39, 0.29) is 48.9 Å². The van der Waals surface area contributed by atoms with Gasteiger partial charge >= 0.3 is 0 Å². The minimum absolute atomic E-state index is 0.0375. The Morgan fingerprint density at radius 2 is 0.914 bits per heavy atom. The summed E-state index contributed by atoms with van der Waals surface area (Å²) in [5.41, 5.74) is 12.1. The molecule has 2 aliphatic heterocycles. The third-order valence-electron chi connectivity index (χ3n) is 14.2. The third-order valence-corrected chi connectivity index (χ3v) is 15.6. The number of ether oxygens (including phenoxy) is 4. The first-order chi connectivity index (χ1) is 39.5.